The molecule has 3 atom stereocenters. The quantitative estimate of drug-likeness (QED) is 0.802. The SMILES string of the molecule is NC(=O)C1CC(Cc2ccccc2)NC12C(=O)Nc1ccccc12. The van der Waals surface area contributed by atoms with Gasteiger partial charge in [-0.05, 0) is 24.5 Å². The molecule has 4 rings (SSSR count). The highest BCUT2D eigenvalue weighted by Gasteiger charge is 2.59. The maximum atomic E-state index is 12.8. The number of hydrogen-bond donors (Lipinski definition) is 3. The van der Waals surface area contributed by atoms with Gasteiger partial charge in [-0.3, -0.25) is 14.9 Å². The summed E-state index contributed by atoms with van der Waals surface area (Å²) < 4.78 is 0. The summed E-state index contributed by atoms with van der Waals surface area (Å²) in [4.78, 5) is 24.9. The molecule has 0 bridgehead atoms. The van der Waals surface area contributed by atoms with Gasteiger partial charge in [0.25, 0.3) is 0 Å². The Bertz CT molecular complexity index is 805. The van der Waals surface area contributed by atoms with Crippen molar-refractivity contribution in [1.82, 2.24) is 5.32 Å². The van der Waals surface area contributed by atoms with E-state index in [1.54, 1.807) is 0 Å². The van der Waals surface area contributed by atoms with Gasteiger partial charge in [0, 0.05) is 17.3 Å². The highest BCUT2D eigenvalue weighted by molar-refractivity contribution is 6.09. The van der Waals surface area contributed by atoms with Gasteiger partial charge < -0.3 is 11.1 Å². The fourth-order valence-electron chi connectivity index (χ4n) is 4.07. The van der Waals surface area contributed by atoms with Gasteiger partial charge in [-0.1, -0.05) is 48.5 Å². The first-order valence-electron chi connectivity index (χ1n) is 8.13. The van der Waals surface area contributed by atoms with Crippen LogP contribution >= 0.6 is 0 Å². The van der Waals surface area contributed by atoms with Gasteiger partial charge in [-0.15, -0.1) is 0 Å². The Morgan fingerprint density at radius 2 is 1.83 bits per heavy atom. The minimum Gasteiger partial charge on any atom is -0.369 e. The fraction of sp³-hybridized carbons (Fsp3) is 0.263. The van der Waals surface area contributed by atoms with E-state index in [1.807, 2.05) is 42.5 Å². The standard InChI is InChI=1S/C19H19N3O2/c20-17(23)15-11-13(10-12-6-2-1-3-7-12)22-19(15)14-8-4-5-9-16(14)21-18(19)24/h1-9,13,15,22H,10-11H2,(H2,20,23)(H,21,24). The lowest BCUT2D eigenvalue weighted by Crippen LogP contribution is -2.52. The number of carbonyl (C=O) groups is 2. The molecule has 1 spiro atoms. The van der Waals surface area contributed by atoms with Gasteiger partial charge in [0.05, 0.1) is 5.92 Å². The molecular formula is C19H19N3O2. The summed E-state index contributed by atoms with van der Waals surface area (Å²) in [6.45, 7) is 0. The minimum absolute atomic E-state index is 0.0156. The second-order valence-corrected chi connectivity index (χ2v) is 6.53. The summed E-state index contributed by atoms with van der Waals surface area (Å²) >= 11 is 0. The molecule has 2 aliphatic heterocycles. The number of nitrogens with two attached hydrogens (primary N) is 1. The highest BCUT2D eigenvalue weighted by Crippen LogP contribution is 2.47. The number of fused-ring (bicyclic) bond motifs is 2. The van der Waals surface area contributed by atoms with Crippen molar-refractivity contribution in [3.8, 4) is 0 Å². The van der Waals surface area contributed by atoms with Crippen LogP contribution in [0.2, 0.25) is 0 Å². The van der Waals surface area contributed by atoms with Gasteiger partial charge in [0.2, 0.25) is 11.8 Å². The molecule has 5 nitrogen and oxygen atoms in total. The van der Waals surface area contributed by atoms with Gasteiger partial charge in [-0.25, -0.2) is 0 Å². The van der Waals surface area contributed by atoms with Crippen LogP contribution in [0, 0.1) is 5.92 Å². The van der Waals surface area contributed by atoms with E-state index in [0.717, 1.165) is 17.7 Å². The minimum atomic E-state index is -1.05. The monoisotopic (exact) mass is 321 g/mol. The van der Waals surface area contributed by atoms with Crippen molar-refractivity contribution in [2.75, 3.05) is 5.32 Å². The van der Waals surface area contributed by atoms with Crippen molar-refractivity contribution in [3.63, 3.8) is 0 Å². The molecule has 1 saturated heterocycles. The maximum Gasteiger partial charge on any atom is 0.250 e. The van der Waals surface area contributed by atoms with Crippen molar-refractivity contribution in [2.24, 2.45) is 11.7 Å². The molecule has 5 heteroatoms. The number of nitrogens with one attached hydrogen (secondary N) is 2. The summed E-state index contributed by atoms with van der Waals surface area (Å²) in [5.74, 6) is -1.19. The van der Waals surface area contributed by atoms with Crippen LogP contribution in [-0.2, 0) is 21.5 Å². The molecule has 24 heavy (non-hydrogen) atoms. The second kappa shape index (κ2) is 5.46. The van der Waals surface area contributed by atoms with E-state index in [2.05, 4.69) is 22.8 Å². The van der Waals surface area contributed by atoms with E-state index in [4.69, 9.17) is 5.73 Å². The van der Waals surface area contributed by atoms with Crippen LogP contribution in [0.25, 0.3) is 0 Å². The lowest BCUT2D eigenvalue weighted by atomic mass is 9.79. The van der Waals surface area contributed by atoms with Crippen LogP contribution in [0.15, 0.2) is 54.6 Å². The van der Waals surface area contributed by atoms with E-state index >= 15 is 0 Å². The molecule has 2 aromatic rings. The third-order valence-corrected chi connectivity index (χ3v) is 5.10. The zero-order valence-electron chi connectivity index (χ0n) is 13.2. The number of rotatable bonds is 3. The summed E-state index contributed by atoms with van der Waals surface area (Å²) in [7, 11) is 0. The number of para-hydroxylation sites is 1. The van der Waals surface area contributed by atoms with Crippen molar-refractivity contribution < 1.29 is 9.59 Å². The molecule has 122 valence electrons. The van der Waals surface area contributed by atoms with Crippen molar-refractivity contribution >= 4 is 17.5 Å². The third-order valence-electron chi connectivity index (χ3n) is 5.10. The molecule has 0 aliphatic carbocycles. The van der Waals surface area contributed by atoms with Crippen LogP contribution < -0.4 is 16.4 Å². The van der Waals surface area contributed by atoms with Crippen molar-refractivity contribution in [3.05, 3.63) is 65.7 Å². The maximum absolute atomic E-state index is 12.8. The van der Waals surface area contributed by atoms with Gasteiger partial charge >= 0.3 is 0 Å². The normalized spacial score (nSPS) is 27.9. The molecule has 1 fully saturated rings. The molecule has 4 N–H and O–H groups in total. The highest BCUT2D eigenvalue weighted by atomic mass is 16.2. The van der Waals surface area contributed by atoms with E-state index in [0.29, 0.717) is 6.42 Å². The zero-order chi connectivity index (χ0) is 16.7. The van der Waals surface area contributed by atoms with Crippen molar-refractivity contribution in [2.45, 2.75) is 24.4 Å². The number of primary amides is 1. The molecule has 2 heterocycles. The molecule has 0 aromatic heterocycles. The van der Waals surface area contributed by atoms with Crippen LogP contribution in [0.5, 0.6) is 0 Å². The molecule has 0 saturated carbocycles. The first-order chi connectivity index (χ1) is 11.6. The van der Waals surface area contributed by atoms with E-state index in [9.17, 15) is 9.59 Å². The Labute approximate surface area is 140 Å². The van der Waals surface area contributed by atoms with E-state index in [1.165, 1.54) is 5.56 Å². The van der Waals surface area contributed by atoms with Crippen LogP contribution in [0.1, 0.15) is 17.5 Å². The smallest absolute Gasteiger partial charge is 0.250 e. The van der Waals surface area contributed by atoms with Crippen LogP contribution in [0.4, 0.5) is 5.69 Å². The first kappa shape index (κ1) is 14.9. The van der Waals surface area contributed by atoms with E-state index < -0.39 is 17.4 Å². The topological polar surface area (TPSA) is 84.2 Å². The Hall–Kier alpha value is -2.66. The Kier molecular flexibility index (Phi) is 3.39. The summed E-state index contributed by atoms with van der Waals surface area (Å²) in [5.41, 5.74) is 7.35. The fourth-order valence-corrected chi connectivity index (χ4v) is 4.07. The number of carbonyl (C=O) groups excluding carboxylic acids is 2. The van der Waals surface area contributed by atoms with Gasteiger partial charge in [0.1, 0.15) is 5.54 Å². The molecular weight excluding hydrogens is 302 g/mol. The largest absolute Gasteiger partial charge is 0.369 e. The van der Waals surface area contributed by atoms with E-state index in [-0.39, 0.29) is 11.9 Å². The first-order valence-corrected chi connectivity index (χ1v) is 8.13. The number of anilines is 1. The Morgan fingerprint density at radius 1 is 1.12 bits per heavy atom. The summed E-state index contributed by atoms with van der Waals surface area (Å²) in [5, 5.41) is 6.33. The number of hydrogen-bond acceptors (Lipinski definition) is 3. The number of amides is 2. The number of benzene rings is 2. The van der Waals surface area contributed by atoms with Gasteiger partial charge in [-0.2, -0.15) is 0 Å². The third kappa shape index (κ3) is 2.12. The zero-order valence-corrected chi connectivity index (χ0v) is 13.2. The average molecular weight is 321 g/mol. The molecule has 3 unspecified atom stereocenters. The molecule has 0 radical (unpaired) electrons. The molecule has 2 aliphatic rings. The average Bonchev–Trinajstić information content (AvgIpc) is 3.09. The lowest BCUT2D eigenvalue weighted by Gasteiger charge is -2.28. The summed E-state index contributed by atoms with van der Waals surface area (Å²) in [6, 6.07) is 17.6. The predicted molar refractivity (Wildman–Crippen MR) is 91.1 cm³/mol. The molecule has 2 amide bonds. The second-order valence-electron chi connectivity index (χ2n) is 6.53. The lowest BCUT2D eigenvalue weighted by molar-refractivity contribution is -0.131. The van der Waals surface area contributed by atoms with Crippen molar-refractivity contribution in [1.29, 1.82) is 0 Å². The van der Waals surface area contributed by atoms with Crippen LogP contribution in [-0.4, -0.2) is 17.9 Å². The van der Waals surface area contributed by atoms with Crippen LogP contribution in [0.3, 0.4) is 0 Å². The Balaban J connectivity index is 1.72. The predicted octanol–water partition coefficient (Wildman–Crippen LogP) is 1.54. The molecule has 2 aromatic carbocycles. The van der Waals surface area contributed by atoms with Gasteiger partial charge in [0.15, 0.2) is 0 Å². The summed E-state index contributed by atoms with van der Waals surface area (Å²) in [6.07, 6.45) is 1.30. The Morgan fingerprint density at radius 3 is 2.58 bits per heavy atom.